The molecule has 5 nitrogen and oxygen atoms in total. The van der Waals surface area contributed by atoms with Gasteiger partial charge >= 0.3 is 0 Å². The van der Waals surface area contributed by atoms with Crippen molar-refractivity contribution in [2.75, 3.05) is 40.5 Å². The van der Waals surface area contributed by atoms with E-state index in [1.54, 1.807) is 6.26 Å². The number of ether oxygens (including phenoxy) is 3. The molecule has 2 aromatic carbocycles. The van der Waals surface area contributed by atoms with Crippen molar-refractivity contribution < 1.29 is 19.3 Å². The van der Waals surface area contributed by atoms with Crippen LogP contribution in [0.1, 0.15) is 28.2 Å². The highest BCUT2D eigenvalue weighted by Gasteiger charge is 2.33. The molecule has 1 atom stereocenters. The second-order valence-corrected chi connectivity index (χ2v) is 8.41. The molecule has 0 amide bonds. The van der Waals surface area contributed by atoms with Gasteiger partial charge in [0.2, 0.25) is 0 Å². The summed E-state index contributed by atoms with van der Waals surface area (Å²) in [6.07, 6.45) is 9.72. The van der Waals surface area contributed by atoms with E-state index >= 15 is 0 Å². The molecule has 0 fully saturated rings. The minimum atomic E-state index is -0.352. The molecule has 0 aromatic heterocycles. The maximum absolute atomic E-state index is 11.3. The average molecular weight is 430 g/mol. The summed E-state index contributed by atoms with van der Waals surface area (Å²) in [5.41, 5.74) is 5.90. The van der Waals surface area contributed by atoms with E-state index in [0.717, 1.165) is 51.4 Å². The van der Waals surface area contributed by atoms with Crippen LogP contribution in [0, 0.1) is 0 Å². The average Bonchev–Trinajstić information content (AvgIpc) is 2.93. The Bertz CT molecular complexity index is 1140. The standard InChI is InChI=1S/C27H27NO4/c1-28(2)12-15-31-21-8-5-18(6-9-21)25-24(29)16-20-11-14-30-17-23(20)22-10-7-19-4-3-13-32-27(19)26(22)25/h3-11,16-17,25,29H,12-15H2,1-2H3. The Morgan fingerprint density at radius 1 is 1.09 bits per heavy atom. The number of hydrogen-bond donors (Lipinski definition) is 1. The first-order valence-corrected chi connectivity index (χ1v) is 10.9. The quantitative estimate of drug-likeness (QED) is 0.731. The lowest BCUT2D eigenvalue weighted by Gasteiger charge is -2.25. The van der Waals surface area contributed by atoms with Gasteiger partial charge in [-0.3, -0.25) is 0 Å². The summed E-state index contributed by atoms with van der Waals surface area (Å²) in [6, 6.07) is 12.1. The Balaban J connectivity index is 1.60. The van der Waals surface area contributed by atoms with Crippen LogP contribution in [-0.2, 0) is 4.74 Å². The van der Waals surface area contributed by atoms with Crippen LogP contribution in [0.15, 0.2) is 72.2 Å². The van der Waals surface area contributed by atoms with E-state index in [4.69, 9.17) is 14.2 Å². The van der Waals surface area contributed by atoms with E-state index in [-0.39, 0.29) is 11.7 Å². The summed E-state index contributed by atoms with van der Waals surface area (Å²) in [7, 11) is 4.05. The number of allylic oxidation sites excluding steroid dienone is 4. The highest BCUT2D eigenvalue weighted by molar-refractivity contribution is 5.88. The third-order valence-electron chi connectivity index (χ3n) is 5.96. The molecule has 1 unspecified atom stereocenters. The molecule has 0 spiro atoms. The summed E-state index contributed by atoms with van der Waals surface area (Å²) >= 11 is 0. The van der Waals surface area contributed by atoms with Crippen LogP contribution in [0.3, 0.4) is 0 Å². The van der Waals surface area contributed by atoms with E-state index < -0.39 is 0 Å². The van der Waals surface area contributed by atoms with Crippen molar-refractivity contribution in [1.82, 2.24) is 4.90 Å². The Morgan fingerprint density at radius 2 is 1.94 bits per heavy atom. The Kier molecular flexibility index (Phi) is 5.50. The number of aliphatic hydroxyl groups excluding tert-OH is 1. The van der Waals surface area contributed by atoms with Gasteiger partial charge < -0.3 is 24.2 Å². The second-order valence-electron chi connectivity index (χ2n) is 8.41. The number of hydrogen-bond acceptors (Lipinski definition) is 5. The van der Waals surface area contributed by atoms with Crippen molar-refractivity contribution in [3.8, 4) is 11.5 Å². The minimum absolute atomic E-state index is 0.288. The smallest absolute Gasteiger partial charge is 0.131 e. The van der Waals surface area contributed by atoms with Crippen LogP contribution in [0.5, 0.6) is 11.5 Å². The first kappa shape index (κ1) is 20.5. The van der Waals surface area contributed by atoms with Gasteiger partial charge in [0.15, 0.2) is 0 Å². The van der Waals surface area contributed by atoms with E-state index in [1.807, 2.05) is 56.6 Å². The largest absolute Gasteiger partial charge is 0.511 e. The highest BCUT2D eigenvalue weighted by atomic mass is 16.5. The minimum Gasteiger partial charge on any atom is -0.511 e. The van der Waals surface area contributed by atoms with Crippen molar-refractivity contribution in [2.24, 2.45) is 0 Å². The normalized spacial score (nSPS) is 18.7. The molecule has 164 valence electrons. The first-order chi connectivity index (χ1) is 15.6. The molecule has 2 aromatic rings. The number of aliphatic hydroxyl groups is 1. The Morgan fingerprint density at radius 3 is 2.75 bits per heavy atom. The summed E-state index contributed by atoms with van der Waals surface area (Å²) < 4.78 is 17.6. The summed E-state index contributed by atoms with van der Waals surface area (Å²) in [5.74, 6) is 1.56. The van der Waals surface area contributed by atoms with Gasteiger partial charge in [-0.1, -0.05) is 30.3 Å². The zero-order chi connectivity index (χ0) is 22.1. The van der Waals surface area contributed by atoms with Gasteiger partial charge in [-0.2, -0.15) is 0 Å². The van der Waals surface area contributed by atoms with E-state index in [2.05, 4.69) is 23.1 Å². The van der Waals surface area contributed by atoms with Crippen LogP contribution in [0.25, 0.3) is 11.6 Å². The van der Waals surface area contributed by atoms with Gasteiger partial charge in [0.1, 0.15) is 37.1 Å². The lowest BCUT2D eigenvalue weighted by Crippen LogP contribution is -2.19. The molecule has 3 aliphatic rings. The molecule has 0 radical (unpaired) electrons. The van der Waals surface area contributed by atoms with Crippen molar-refractivity contribution in [3.05, 3.63) is 94.5 Å². The zero-order valence-electron chi connectivity index (χ0n) is 18.4. The van der Waals surface area contributed by atoms with Crippen LogP contribution in [0.2, 0.25) is 0 Å². The fourth-order valence-electron chi connectivity index (χ4n) is 4.37. The maximum Gasteiger partial charge on any atom is 0.131 e. The predicted octanol–water partition coefficient (Wildman–Crippen LogP) is 4.92. The molecule has 5 heteroatoms. The van der Waals surface area contributed by atoms with Crippen LogP contribution < -0.4 is 9.47 Å². The molecule has 0 saturated carbocycles. The first-order valence-electron chi connectivity index (χ1n) is 10.9. The Labute approximate surface area is 188 Å². The molecule has 1 N–H and O–H groups in total. The molecule has 0 bridgehead atoms. The molecule has 1 aliphatic carbocycles. The fourth-order valence-corrected chi connectivity index (χ4v) is 4.37. The molecular formula is C27H27NO4. The summed E-state index contributed by atoms with van der Waals surface area (Å²) in [6.45, 7) is 2.48. The molecule has 5 rings (SSSR count). The van der Waals surface area contributed by atoms with Gasteiger partial charge in [0, 0.05) is 23.2 Å². The molecular weight excluding hydrogens is 402 g/mol. The summed E-state index contributed by atoms with van der Waals surface area (Å²) in [4.78, 5) is 2.09. The predicted molar refractivity (Wildman–Crippen MR) is 126 cm³/mol. The highest BCUT2D eigenvalue weighted by Crippen LogP contribution is 2.48. The maximum atomic E-state index is 11.3. The van der Waals surface area contributed by atoms with E-state index in [9.17, 15) is 5.11 Å². The van der Waals surface area contributed by atoms with E-state index in [1.165, 1.54) is 0 Å². The molecule has 0 saturated heterocycles. The molecule has 2 heterocycles. The number of fused-ring (bicyclic) bond motifs is 5. The lowest BCUT2D eigenvalue weighted by atomic mass is 9.83. The van der Waals surface area contributed by atoms with Gasteiger partial charge in [-0.25, -0.2) is 0 Å². The molecule has 2 aliphatic heterocycles. The van der Waals surface area contributed by atoms with Crippen LogP contribution in [0.4, 0.5) is 0 Å². The van der Waals surface area contributed by atoms with Crippen molar-refractivity contribution in [1.29, 1.82) is 0 Å². The Hall–Kier alpha value is -3.44. The van der Waals surface area contributed by atoms with Crippen molar-refractivity contribution in [3.63, 3.8) is 0 Å². The fraction of sp³-hybridized carbons (Fsp3) is 0.259. The number of rotatable bonds is 5. The van der Waals surface area contributed by atoms with Gasteiger partial charge in [-0.05, 0) is 61.2 Å². The third-order valence-corrected chi connectivity index (χ3v) is 5.96. The van der Waals surface area contributed by atoms with Crippen molar-refractivity contribution >= 4 is 11.6 Å². The summed E-state index contributed by atoms with van der Waals surface area (Å²) in [5, 5.41) is 11.3. The SMILES string of the molecule is CN(C)CCOc1ccc(C2C(O)=CC3=CCOC=C3c3ccc4c(c32)OCC=C4)cc1. The number of nitrogens with zero attached hydrogens (tertiary/aromatic N) is 1. The number of benzene rings is 2. The third kappa shape index (κ3) is 3.80. The van der Waals surface area contributed by atoms with E-state index in [0.29, 0.717) is 19.8 Å². The van der Waals surface area contributed by atoms with Gasteiger partial charge in [-0.15, -0.1) is 0 Å². The lowest BCUT2D eigenvalue weighted by molar-refractivity contribution is 0.261. The van der Waals surface area contributed by atoms with Gasteiger partial charge in [0.25, 0.3) is 0 Å². The molecule has 32 heavy (non-hydrogen) atoms. The number of likely N-dealkylation sites (N-methyl/N-ethyl adjacent to an activating group) is 1. The van der Waals surface area contributed by atoms with Crippen LogP contribution in [-0.4, -0.2) is 50.5 Å². The monoisotopic (exact) mass is 429 g/mol. The topological polar surface area (TPSA) is 51.2 Å². The van der Waals surface area contributed by atoms with Gasteiger partial charge in [0.05, 0.1) is 12.2 Å². The van der Waals surface area contributed by atoms with Crippen LogP contribution >= 0.6 is 0 Å². The van der Waals surface area contributed by atoms with Crippen molar-refractivity contribution in [2.45, 2.75) is 5.92 Å². The zero-order valence-corrected chi connectivity index (χ0v) is 18.4. The second kappa shape index (κ2) is 8.60.